The first kappa shape index (κ1) is 18.8. The number of anilines is 1. The molecule has 5 nitrogen and oxygen atoms in total. The molecule has 0 unspecified atom stereocenters. The number of halogens is 1. The van der Waals surface area contributed by atoms with Crippen LogP contribution in [-0.4, -0.2) is 25.9 Å². The first-order valence-corrected chi connectivity index (χ1v) is 8.22. The maximum absolute atomic E-state index is 12.0. The van der Waals surface area contributed by atoms with E-state index in [0.29, 0.717) is 29.3 Å². The largest absolute Gasteiger partial charge is 0.497 e. The summed E-state index contributed by atoms with van der Waals surface area (Å²) in [6.07, 6.45) is 1.47. The number of nitrogens with one attached hydrogen (secondary N) is 1. The molecule has 0 aliphatic rings. The van der Waals surface area contributed by atoms with E-state index in [-0.39, 0.29) is 6.42 Å². The predicted octanol–water partition coefficient (Wildman–Crippen LogP) is 3.89. The lowest BCUT2D eigenvalue weighted by Crippen LogP contribution is -2.23. The lowest BCUT2D eigenvalue weighted by atomic mass is 10.1. The molecule has 2 aromatic carbocycles. The van der Waals surface area contributed by atoms with E-state index in [9.17, 15) is 9.59 Å². The van der Waals surface area contributed by atoms with Gasteiger partial charge in [-0.2, -0.15) is 0 Å². The van der Waals surface area contributed by atoms with Gasteiger partial charge in [0, 0.05) is 11.4 Å². The topological polar surface area (TPSA) is 64.6 Å². The van der Waals surface area contributed by atoms with Crippen LogP contribution in [0.2, 0.25) is 5.02 Å². The van der Waals surface area contributed by atoms with Gasteiger partial charge in [0.05, 0.1) is 19.9 Å². The van der Waals surface area contributed by atoms with Crippen LogP contribution < -0.4 is 14.8 Å². The molecule has 132 valence electrons. The summed E-state index contributed by atoms with van der Waals surface area (Å²) in [5, 5.41) is 3.00. The van der Waals surface area contributed by atoms with E-state index in [1.54, 1.807) is 25.3 Å². The van der Waals surface area contributed by atoms with Gasteiger partial charge in [0.25, 0.3) is 5.91 Å². The molecular formula is C19H20ClNO4. The van der Waals surface area contributed by atoms with Crippen LogP contribution in [0.4, 0.5) is 5.69 Å². The van der Waals surface area contributed by atoms with Gasteiger partial charge in [0.1, 0.15) is 11.5 Å². The number of benzene rings is 2. The minimum absolute atomic E-state index is 0.167. The number of hydrogen-bond donors (Lipinski definition) is 1. The highest BCUT2D eigenvalue weighted by molar-refractivity contribution is 6.41. The molecule has 0 bridgehead atoms. The quantitative estimate of drug-likeness (QED) is 0.724. The number of carbonyl (C=O) groups excluding carboxylic acids is 2. The number of hydrogen-bond acceptors (Lipinski definition) is 4. The van der Waals surface area contributed by atoms with Crippen molar-refractivity contribution in [3.05, 3.63) is 53.1 Å². The van der Waals surface area contributed by atoms with Crippen molar-refractivity contribution in [2.75, 3.05) is 19.5 Å². The highest BCUT2D eigenvalue weighted by Crippen LogP contribution is 2.27. The Hall–Kier alpha value is -2.53. The summed E-state index contributed by atoms with van der Waals surface area (Å²) < 4.78 is 10.2. The molecule has 0 saturated heterocycles. The third kappa shape index (κ3) is 5.50. The monoisotopic (exact) mass is 361 g/mol. The van der Waals surface area contributed by atoms with Gasteiger partial charge in [-0.3, -0.25) is 9.59 Å². The Labute approximate surface area is 151 Å². The predicted molar refractivity (Wildman–Crippen MR) is 97.6 cm³/mol. The van der Waals surface area contributed by atoms with Crippen LogP contribution in [0.1, 0.15) is 18.4 Å². The SMILES string of the molecule is COc1ccc(CCCC(=O)C(=O)Nc2cc(Cl)ccc2OC)cc1. The second-order valence-corrected chi connectivity index (χ2v) is 5.86. The summed E-state index contributed by atoms with van der Waals surface area (Å²) >= 11 is 5.91. The second kappa shape index (κ2) is 9.08. The highest BCUT2D eigenvalue weighted by atomic mass is 35.5. The molecule has 2 rings (SSSR count). The average Bonchev–Trinajstić information content (AvgIpc) is 2.62. The van der Waals surface area contributed by atoms with Crippen LogP contribution in [0.25, 0.3) is 0 Å². The van der Waals surface area contributed by atoms with Crippen molar-refractivity contribution >= 4 is 29.0 Å². The number of rotatable bonds is 8. The van der Waals surface area contributed by atoms with Crippen molar-refractivity contribution in [2.24, 2.45) is 0 Å². The molecule has 6 heteroatoms. The van der Waals surface area contributed by atoms with Crippen molar-refractivity contribution in [3.63, 3.8) is 0 Å². The molecule has 0 aliphatic carbocycles. The number of methoxy groups -OCH3 is 2. The van der Waals surface area contributed by atoms with Gasteiger partial charge < -0.3 is 14.8 Å². The summed E-state index contributed by atoms with van der Waals surface area (Å²) in [7, 11) is 3.09. The standard InChI is InChI=1S/C19H20ClNO4/c1-24-15-9-6-13(7-10-15)4-3-5-17(22)19(23)21-16-12-14(20)8-11-18(16)25-2/h6-12H,3-5H2,1-2H3,(H,21,23). The van der Waals surface area contributed by atoms with E-state index < -0.39 is 11.7 Å². The fourth-order valence-corrected chi connectivity index (χ4v) is 2.50. The van der Waals surface area contributed by atoms with Crippen LogP contribution in [0.15, 0.2) is 42.5 Å². The Morgan fingerprint density at radius 3 is 2.40 bits per heavy atom. The Kier molecular flexibility index (Phi) is 6.83. The van der Waals surface area contributed by atoms with Gasteiger partial charge in [-0.05, 0) is 48.7 Å². The Morgan fingerprint density at radius 2 is 1.76 bits per heavy atom. The molecule has 0 atom stereocenters. The summed E-state index contributed by atoms with van der Waals surface area (Å²) in [5.41, 5.74) is 1.47. The summed E-state index contributed by atoms with van der Waals surface area (Å²) in [5.74, 6) is 0.0873. The van der Waals surface area contributed by atoms with Crippen molar-refractivity contribution in [1.29, 1.82) is 0 Å². The highest BCUT2D eigenvalue weighted by Gasteiger charge is 2.16. The molecule has 0 saturated carbocycles. The zero-order valence-corrected chi connectivity index (χ0v) is 14.9. The second-order valence-electron chi connectivity index (χ2n) is 5.42. The molecule has 2 aromatic rings. The van der Waals surface area contributed by atoms with Gasteiger partial charge in [0.2, 0.25) is 5.78 Å². The van der Waals surface area contributed by atoms with Gasteiger partial charge in [-0.25, -0.2) is 0 Å². The number of ether oxygens (including phenoxy) is 2. The van der Waals surface area contributed by atoms with E-state index >= 15 is 0 Å². The zero-order chi connectivity index (χ0) is 18.2. The molecule has 25 heavy (non-hydrogen) atoms. The lowest BCUT2D eigenvalue weighted by molar-refractivity contribution is -0.134. The van der Waals surface area contributed by atoms with Gasteiger partial charge in [0.15, 0.2) is 0 Å². The van der Waals surface area contributed by atoms with Crippen molar-refractivity contribution in [3.8, 4) is 11.5 Å². The van der Waals surface area contributed by atoms with Crippen molar-refractivity contribution < 1.29 is 19.1 Å². The van der Waals surface area contributed by atoms with Gasteiger partial charge in [-0.15, -0.1) is 0 Å². The van der Waals surface area contributed by atoms with E-state index in [1.807, 2.05) is 24.3 Å². The molecule has 1 N–H and O–H groups in total. The van der Waals surface area contributed by atoms with E-state index in [2.05, 4.69) is 5.32 Å². The first-order chi connectivity index (χ1) is 12.0. The molecule has 1 amide bonds. The van der Waals surface area contributed by atoms with Crippen LogP contribution >= 0.6 is 11.6 Å². The maximum Gasteiger partial charge on any atom is 0.291 e. The molecule has 0 spiro atoms. The number of Topliss-reactive ketones (excluding diaryl/α,β-unsaturated/α-hetero) is 1. The zero-order valence-electron chi connectivity index (χ0n) is 14.2. The molecular weight excluding hydrogens is 342 g/mol. The minimum atomic E-state index is -0.671. The lowest BCUT2D eigenvalue weighted by Gasteiger charge is -2.10. The number of amides is 1. The summed E-state index contributed by atoms with van der Waals surface area (Å²) in [6.45, 7) is 0. The minimum Gasteiger partial charge on any atom is -0.497 e. The van der Waals surface area contributed by atoms with Crippen LogP contribution in [0.5, 0.6) is 11.5 Å². The first-order valence-electron chi connectivity index (χ1n) is 7.84. The summed E-state index contributed by atoms with van der Waals surface area (Å²) in [4.78, 5) is 24.1. The van der Waals surface area contributed by atoms with Crippen LogP contribution in [0, 0.1) is 0 Å². The molecule has 0 heterocycles. The number of aryl methyl sites for hydroxylation is 1. The fourth-order valence-electron chi connectivity index (χ4n) is 2.33. The molecule has 0 aliphatic heterocycles. The fraction of sp³-hybridized carbons (Fsp3) is 0.263. The van der Waals surface area contributed by atoms with Gasteiger partial charge in [-0.1, -0.05) is 23.7 Å². The Balaban J connectivity index is 1.86. The van der Waals surface area contributed by atoms with Gasteiger partial charge >= 0.3 is 0 Å². The number of ketones is 1. The van der Waals surface area contributed by atoms with E-state index in [1.165, 1.54) is 7.11 Å². The summed E-state index contributed by atoms with van der Waals surface area (Å²) in [6, 6.07) is 12.5. The molecule has 0 fully saturated rings. The van der Waals surface area contributed by atoms with E-state index in [0.717, 1.165) is 11.3 Å². The third-order valence-corrected chi connectivity index (χ3v) is 3.93. The van der Waals surface area contributed by atoms with E-state index in [4.69, 9.17) is 21.1 Å². The smallest absolute Gasteiger partial charge is 0.291 e. The molecule has 0 radical (unpaired) electrons. The Morgan fingerprint density at radius 1 is 1.04 bits per heavy atom. The third-order valence-electron chi connectivity index (χ3n) is 3.69. The van der Waals surface area contributed by atoms with Crippen LogP contribution in [0.3, 0.4) is 0 Å². The normalized spacial score (nSPS) is 10.2. The van der Waals surface area contributed by atoms with Crippen molar-refractivity contribution in [2.45, 2.75) is 19.3 Å². The maximum atomic E-state index is 12.0. The Bertz CT molecular complexity index is 744. The number of carbonyl (C=O) groups is 2. The van der Waals surface area contributed by atoms with Crippen LogP contribution in [-0.2, 0) is 16.0 Å². The average molecular weight is 362 g/mol. The molecule has 0 aromatic heterocycles. The van der Waals surface area contributed by atoms with Crippen molar-refractivity contribution in [1.82, 2.24) is 0 Å².